The zero-order valence-electron chi connectivity index (χ0n) is 15.4. The van der Waals surface area contributed by atoms with Gasteiger partial charge in [-0.25, -0.2) is 4.79 Å². The highest BCUT2D eigenvalue weighted by Gasteiger charge is 2.29. The molecule has 2 heterocycles. The fraction of sp³-hybridized carbons (Fsp3) is 0.381. The van der Waals surface area contributed by atoms with E-state index in [9.17, 15) is 15.0 Å². The number of nitrogens with one attached hydrogen (secondary N) is 2. The summed E-state index contributed by atoms with van der Waals surface area (Å²) in [6, 6.07) is 13.0. The summed E-state index contributed by atoms with van der Waals surface area (Å²) in [5, 5.41) is 24.4. The summed E-state index contributed by atoms with van der Waals surface area (Å²) in [4.78, 5) is 15.1. The molecular weight excluding hydrogens is 342 g/mol. The predicted octanol–water partition coefficient (Wildman–Crippen LogP) is 2.45. The molecule has 0 saturated heterocycles. The van der Waals surface area contributed by atoms with Crippen LogP contribution in [0.1, 0.15) is 37.0 Å². The van der Waals surface area contributed by atoms with E-state index in [2.05, 4.69) is 17.2 Å². The maximum absolute atomic E-state index is 12.2. The lowest BCUT2D eigenvalue weighted by Gasteiger charge is -2.26. The van der Waals surface area contributed by atoms with E-state index in [1.807, 2.05) is 36.4 Å². The van der Waals surface area contributed by atoms with E-state index in [4.69, 9.17) is 0 Å². The molecule has 3 aromatic rings. The van der Waals surface area contributed by atoms with Crippen LogP contribution in [0.5, 0.6) is 5.75 Å². The molecule has 0 spiro atoms. The fourth-order valence-electron chi connectivity index (χ4n) is 4.06. The number of aromatic nitrogens is 2. The third-order valence-corrected chi connectivity index (χ3v) is 5.52. The molecule has 1 aliphatic heterocycles. The molecule has 6 nitrogen and oxygen atoms in total. The summed E-state index contributed by atoms with van der Waals surface area (Å²) in [6.07, 6.45) is 1.60. The lowest BCUT2D eigenvalue weighted by atomic mass is 9.98. The van der Waals surface area contributed by atoms with Gasteiger partial charge in [-0.05, 0) is 43.9 Å². The monoisotopic (exact) mass is 367 g/mol. The first-order valence-electron chi connectivity index (χ1n) is 9.47. The first-order chi connectivity index (χ1) is 13.0. The minimum Gasteiger partial charge on any atom is -0.508 e. The van der Waals surface area contributed by atoms with Gasteiger partial charge in [0.05, 0.1) is 17.1 Å². The molecule has 142 valence electrons. The zero-order valence-corrected chi connectivity index (χ0v) is 15.4. The fourth-order valence-corrected chi connectivity index (χ4v) is 4.06. The summed E-state index contributed by atoms with van der Waals surface area (Å²) in [5.74, 6) is 0.324. The van der Waals surface area contributed by atoms with Crippen LogP contribution in [0.2, 0.25) is 0 Å². The third kappa shape index (κ3) is 3.38. The Hall–Kier alpha value is -2.57. The van der Waals surface area contributed by atoms with E-state index in [0.29, 0.717) is 18.7 Å². The second-order valence-corrected chi connectivity index (χ2v) is 7.40. The highest BCUT2D eigenvalue weighted by atomic mass is 16.3. The number of hydrogen-bond donors (Lipinski definition) is 4. The molecule has 0 amide bonds. The first-order valence-corrected chi connectivity index (χ1v) is 9.47. The molecule has 0 fully saturated rings. The number of phenolic OH excluding ortho intramolecular Hbond substituents is 1. The number of aryl methyl sites for hydroxylation is 2. The number of aromatic amines is 1. The maximum Gasteiger partial charge on any atom is 0.326 e. The Morgan fingerprint density at radius 1 is 1.26 bits per heavy atom. The Morgan fingerprint density at radius 2 is 2.07 bits per heavy atom. The average molecular weight is 367 g/mol. The van der Waals surface area contributed by atoms with Crippen LogP contribution < -0.4 is 11.0 Å². The normalized spacial score (nSPS) is 20.5. The number of phenols is 1. The molecule has 0 bridgehead atoms. The van der Waals surface area contributed by atoms with Gasteiger partial charge in [-0.3, -0.25) is 4.57 Å². The van der Waals surface area contributed by atoms with Crippen LogP contribution in [0.15, 0.2) is 47.3 Å². The van der Waals surface area contributed by atoms with Gasteiger partial charge in [0.15, 0.2) is 0 Å². The minimum absolute atomic E-state index is 0.127. The highest BCUT2D eigenvalue weighted by Crippen LogP contribution is 2.30. The van der Waals surface area contributed by atoms with Crippen LogP contribution in [-0.4, -0.2) is 31.8 Å². The van der Waals surface area contributed by atoms with E-state index < -0.39 is 6.10 Å². The average Bonchev–Trinajstić information content (AvgIpc) is 2.91. The van der Waals surface area contributed by atoms with Gasteiger partial charge in [-0.15, -0.1) is 0 Å². The zero-order chi connectivity index (χ0) is 19.0. The van der Waals surface area contributed by atoms with Crippen LogP contribution in [-0.2, 0) is 13.0 Å². The lowest BCUT2D eigenvalue weighted by molar-refractivity contribution is 0.119. The van der Waals surface area contributed by atoms with Crippen LogP contribution in [0.4, 0.5) is 0 Å². The number of aliphatic hydroxyl groups excluding tert-OH is 1. The Kier molecular flexibility index (Phi) is 4.76. The van der Waals surface area contributed by atoms with E-state index in [1.165, 1.54) is 0 Å². The topological polar surface area (TPSA) is 90.3 Å². The second kappa shape index (κ2) is 7.21. The van der Waals surface area contributed by atoms with E-state index in [0.717, 1.165) is 35.0 Å². The van der Waals surface area contributed by atoms with Crippen LogP contribution in [0.3, 0.4) is 0 Å². The highest BCUT2D eigenvalue weighted by molar-refractivity contribution is 5.79. The maximum atomic E-state index is 12.2. The SMILES string of the molecule is C[C@H](CCc1ccccc1O)N[C@@H]1CCn2c(=O)[nH]c3cccc(c32)C1O. The van der Waals surface area contributed by atoms with Crippen LogP contribution in [0, 0.1) is 0 Å². The minimum atomic E-state index is -0.676. The van der Waals surface area contributed by atoms with Crippen molar-refractivity contribution in [3.63, 3.8) is 0 Å². The molecule has 4 rings (SSSR count). The number of aromatic hydroxyl groups is 1. The van der Waals surface area contributed by atoms with E-state index >= 15 is 0 Å². The Morgan fingerprint density at radius 3 is 2.89 bits per heavy atom. The summed E-state index contributed by atoms with van der Waals surface area (Å²) in [7, 11) is 0. The summed E-state index contributed by atoms with van der Waals surface area (Å²) >= 11 is 0. The van der Waals surface area contributed by atoms with Crippen LogP contribution in [0.25, 0.3) is 11.0 Å². The predicted molar refractivity (Wildman–Crippen MR) is 105 cm³/mol. The lowest BCUT2D eigenvalue weighted by Crippen LogP contribution is -2.41. The molecule has 1 aliphatic rings. The number of benzene rings is 2. The van der Waals surface area contributed by atoms with Gasteiger partial charge < -0.3 is 20.5 Å². The number of imidazole rings is 1. The van der Waals surface area contributed by atoms with E-state index in [1.54, 1.807) is 10.6 Å². The number of H-pyrrole nitrogens is 1. The van der Waals surface area contributed by atoms with Crippen LogP contribution >= 0.6 is 0 Å². The van der Waals surface area contributed by atoms with Crippen molar-refractivity contribution in [1.29, 1.82) is 0 Å². The molecule has 3 atom stereocenters. The van der Waals surface area contributed by atoms with Gasteiger partial charge in [0.1, 0.15) is 5.75 Å². The molecule has 0 radical (unpaired) electrons. The molecule has 2 aromatic carbocycles. The smallest absolute Gasteiger partial charge is 0.326 e. The van der Waals surface area contributed by atoms with Crippen molar-refractivity contribution in [2.45, 2.75) is 50.9 Å². The molecule has 4 N–H and O–H groups in total. The molecule has 1 aromatic heterocycles. The quantitative estimate of drug-likeness (QED) is 0.558. The Bertz CT molecular complexity index is 1010. The van der Waals surface area contributed by atoms with Crippen molar-refractivity contribution in [3.8, 4) is 5.75 Å². The van der Waals surface area contributed by atoms with Gasteiger partial charge in [0.25, 0.3) is 0 Å². The standard InChI is InChI=1S/C21H25N3O3/c1-13(9-10-14-5-2-3-8-18(14)25)22-17-11-12-24-19-15(20(17)26)6-4-7-16(19)23-21(24)27/h2-8,13,17,20,22,25-26H,9-12H2,1H3,(H,23,27)/t13-,17-,20?/m1/s1. The number of aliphatic hydroxyl groups is 1. The first kappa shape index (κ1) is 17.8. The third-order valence-electron chi connectivity index (χ3n) is 5.52. The van der Waals surface area contributed by atoms with Gasteiger partial charge in [0, 0.05) is 24.2 Å². The summed E-state index contributed by atoms with van der Waals surface area (Å²) < 4.78 is 1.72. The number of rotatable bonds is 5. The number of hydrogen-bond acceptors (Lipinski definition) is 4. The molecule has 0 aliphatic carbocycles. The van der Waals surface area contributed by atoms with Crippen molar-refractivity contribution >= 4 is 11.0 Å². The Labute approximate surface area is 157 Å². The van der Waals surface area contributed by atoms with Gasteiger partial charge in [0.2, 0.25) is 0 Å². The molecule has 0 saturated carbocycles. The molecule has 27 heavy (non-hydrogen) atoms. The Balaban J connectivity index is 1.48. The van der Waals surface area contributed by atoms with Gasteiger partial charge in [-0.2, -0.15) is 0 Å². The summed E-state index contributed by atoms with van der Waals surface area (Å²) in [6.45, 7) is 2.65. The van der Waals surface area contributed by atoms with Gasteiger partial charge in [-0.1, -0.05) is 30.3 Å². The van der Waals surface area contributed by atoms with E-state index in [-0.39, 0.29) is 17.8 Å². The van der Waals surface area contributed by atoms with Gasteiger partial charge >= 0.3 is 5.69 Å². The van der Waals surface area contributed by atoms with Crippen molar-refractivity contribution in [2.24, 2.45) is 0 Å². The van der Waals surface area contributed by atoms with Crippen molar-refractivity contribution in [3.05, 3.63) is 64.1 Å². The van der Waals surface area contributed by atoms with Crippen molar-refractivity contribution < 1.29 is 10.2 Å². The largest absolute Gasteiger partial charge is 0.508 e. The van der Waals surface area contributed by atoms with Crippen molar-refractivity contribution in [1.82, 2.24) is 14.9 Å². The molecule has 1 unspecified atom stereocenters. The molecule has 6 heteroatoms. The summed E-state index contributed by atoms with van der Waals surface area (Å²) in [5.41, 5.74) is 3.16. The second-order valence-electron chi connectivity index (χ2n) is 7.40. The molecular formula is C21H25N3O3. The number of para-hydroxylation sites is 2. The van der Waals surface area contributed by atoms with Crippen molar-refractivity contribution in [2.75, 3.05) is 0 Å². The number of nitrogens with zero attached hydrogens (tertiary/aromatic N) is 1.